The minimum absolute atomic E-state index is 0.00671. The summed E-state index contributed by atoms with van der Waals surface area (Å²) in [5.74, 6) is -0.685. The lowest BCUT2D eigenvalue weighted by atomic mass is 10.0. The van der Waals surface area contributed by atoms with E-state index in [0.717, 1.165) is 67.2 Å². The zero-order chi connectivity index (χ0) is 59.5. The first kappa shape index (κ1) is 56.9. The zero-order valence-electron chi connectivity index (χ0n) is 46.7. The molecule has 3 aromatic heterocycles. The quantitative estimate of drug-likeness (QED) is 0.0524. The minimum atomic E-state index is -0.501. The molecule has 0 aliphatic carbocycles. The van der Waals surface area contributed by atoms with Crippen LogP contribution in [-0.2, 0) is 65.0 Å². The first-order chi connectivity index (χ1) is 40.5. The maximum atomic E-state index is 11.4. The summed E-state index contributed by atoms with van der Waals surface area (Å²) in [6.07, 6.45) is 1.70. The largest absolute Gasteiger partial charge is 0.504 e. The minimum Gasteiger partial charge on any atom is -0.504 e. The summed E-state index contributed by atoms with van der Waals surface area (Å²) in [4.78, 5) is 48.1. The Morgan fingerprint density at radius 1 is 0.488 bits per heavy atom. The number of amides is 3. The van der Waals surface area contributed by atoms with Crippen LogP contribution in [0.2, 0.25) is 0 Å². The molecule has 0 atom stereocenters. The van der Waals surface area contributed by atoms with E-state index in [9.17, 15) is 34.8 Å². The van der Waals surface area contributed by atoms with Crippen molar-refractivity contribution in [2.24, 2.45) is 53.3 Å². The molecule has 10 N–H and O–H groups in total. The Bertz CT molecular complexity index is 4140. The third kappa shape index (κ3) is 11.5. The molecule has 426 valence electrons. The summed E-state index contributed by atoms with van der Waals surface area (Å²) in [5.41, 5.74) is 33.3. The Kier molecular flexibility index (Phi) is 16.3. The van der Waals surface area contributed by atoms with E-state index < -0.39 is 17.7 Å². The molecule has 0 saturated carbocycles. The molecule has 0 fully saturated rings. The molecular formula is C63H60N12O9. The van der Waals surface area contributed by atoms with Crippen LogP contribution in [0.15, 0.2) is 142 Å². The van der Waals surface area contributed by atoms with Gasteiger partial charge in [-0.2, -0.15) is 15.3 Å². The number of aromatic nitrogens is 6. The van der Waals surface area contributed by atoms with Crippen molar-refractivity contribution >= 4 is 51.9 Å². The Balaban J connectivity index is 0.000000140. The molecule has 0 radical (unpaired) electrons. The van der Waals surface area contributed by atoms with Crippen LogP contribution in [0, 0.1) is 0 Å². The topological polar surface area (TPSA) is 319 Å². The third-order valence-corrected chi connectivity index (χ3v) is 14.5. The second kappa shape index (κ2) is 24.0. The van der Waals surface area contributed by atoms with E-state index in [0.29, 0.717) is 106 Å². The second-order valence-electron chi connectivity index (χ2n) is 20.1. The van der Waals surface area contributed by atoms with Gasteiger partial charge in [0.25, 0.3) is 0 Å². The van der Waals surface area contributed by atoms with Crippen molar-refractivity contribution in [1.29, 1.82) is 0 Å². The molecule has 12 rings (SSSR count). The average molecular weight is 1130 g/mol. The fourth-order valence-corrected chi connectivity index (χ4v) is 10.2. The van der Waals surface area contributed by atoms with Gasteiger partial charge in [-0.3, -0.25) is 43.4 Å². The summed E-state index contributed by atoms with van der Waals surface area (Å²) >= 11 is 0. The number of aryl methyl sites for hydroxylation is 3. The summed E-state index contributed by atoms with van der Waals surface area (Å²) in [6.45, 7) is 3.13. The summed E-state index contributed by atoms with van der Waals surface area (Å²) in [7, 11) is 6.99. The number of carbonyl (C=O) groups is 3. The highest BCUT2D eigenvalue weighted by Crippen LogP contribution is 2.40. The summed E-state index contributed by atoms with van der Waals surface area (Å²) in [6, 6.07) is 38.2. The lowest BCUT2D eigenvalue weighted by Gasteiger charge is -2.06. The van der Waals surface area contributed by atoms with Crippen LogP contribution >= 0.6 is 0 Å². The van der Waals surface area contributed by atoms with E-state index in [1.165, 1.54) is 0 Å². The van der Waals surface area contributed by atoms with Gasteiger partial charge in [-0.1, -0.05) is 91.0 Å². The molecular weight excluding hydrogens is 1070 g/mol. The van der Waals surface area contributed by atoms with Gasteiger partial charge in [-0.25, -0.2) is 0 Å². The number of aromatic hydroxyl groups is 2. The third-order valence-electron chi connectivity index (χ3n) is 14.5. The van der Waals surface area contributed by atoms with Gasteiger partial charge in [0.15, 0.2) is 17.2 Å². The molecule has 9 aromatic rings. The van der Waals surface area contributed by atoms with Crippen LogP contribution in [0.1, 0.15) is 88.5 Å². The van der Waals surface area contributed by atoms with Crippen LogP contribution in [0.4, 0.5) is 17.1 Å². The maximum absolute atomic E-state index is 11.4. The van der Waals surface area contributed by atoms with Crippen molar-refractivity contribution in [1.82, 2.24) is 29.3 Å². The molecule has 21 nitrogen and oxygen atoms in total. The van der Waals surface area contributed by atoms with Gasteiger partial charge in [0, 0.05) is 80.4 Å². The van der Waals surface area contributed by atoms with Crippen molar-refractivity contribution in [3.8, 4) is 51.0 Å². The number of methoxy groups -OCH3 is 1. The predicted octanol–water partition coefficient (Wildman–Crippen LogP) is 7.53. The lowest BCUT2D eigenvalue weighted by molar-refractivity contribution is 0.0992. The van der Waals surface area contributed by atoms with Crippen LogP contribution in [-0.4, -0.2) is 98.3 Å². The lowest BCUT2D eigenvalue weighted by Crippen LogP contribution is -2.10. The van der Waals surface area contributed by atoms with Gasteiger partial charge in [-0.15, -0.1) is 0 Å². The fraction of sp³-hybridized carbons (Fsp3) is 0.190. The van der Waals surface area contributed by atoms with Crippen LogP contribution in [0.5, 0.6) is 17.2 Å². The molecule has 0 bridgehead atoms. The molecule has 3 aliphatic rings. The smallest absolute Gasteiger partial charge is 0.248 e. The monoisotopic (exact) mass is 1130 g/mol. The Labute approximate surface area is 482 Å². The van der Waals surface area contributed by atoms with Gasteiger partial charge in [-0.05, 0) is 76.7 Å². The zero-order valence-corrected chi connectivity index (χ0v) is 46.7. The second-order valence-corrected chi connectivity index (χ2v) is 20.1. The van der Waals surface area contributed by atoms with Crippen LogP contribution < -0.4 is 21.9 Å². The molecule has 3 amide bonds. The SMILES string of the molecule is CCOCc1ccc(-c2nn(C)c(C3=Nc4cc(C(N)=O)ccc4C3)c2O)cc1.COc1c(-c2ccc(CO)cc2)nn(C)c1C1=Nc2cc(C(N)=O)ccc2C1.Cn1nc(-c2ccc(CO)cc2)c(O)c1C1=Nc2cc(C(N)=O)ccc2C1. The van der Waals surface area contributed by atoms with Crippen molar-refractivity contribution in [2.45, 2.75) is 46.0 Å². The van der Waals surface area contributed by atoms with Crippen molar-refractivity contribution in [3.63, 3.8) is 0 Å². The maximum Gasteiger partial charge on any atom is 0.248 e. The molecule has 84 heavy (non-hydrogen) atoms. The molecule has 6 heterocycles. The number of fused-ring (bicyclic) bond motifs is 3. The molecule has 6 aromatic carbocycles. The van der Waals surface area contributed by atoms with Crippen molar-refractivity contribution < 1.29 is 44.3 Å². The molecule has 0 saturated heterocycles. The number of ether oxygens (including phenoxy) is 2. The Hall–Kier alpha value is -10.4. The highest BCUT2D eigenvalue weighted by molar-refractivity contribution is 6.11. The number of rotatable bonds is 15. The highest BCUT2D eigenvalue weighted by atomic mass is 16.5. The Morgan fingerprint density at radius 3 is 1.17 bits per heavy atom. The van der Waals surface area contributed by atoms with E-state index in [1.54, 1.807) is 83.8 Å². The van der Waals surface area contributed by atoms with E-state index in [2.05, 4.69) is 25.3 Å². The average Bonchev–Trinajstić information content (AvgIpc) is 2.57. The first-order valence-electron chi connectivity index (χ1n) is 26.7. The molecule has 21 heteroatoms. The first-order valence-corrected chi connectivity index (χ1v) is 26.7. The summed E-state index contributed by atoms with van der Waals surface area (Å²) < 4.78 is 16.1. The van der Waals surface area contributed by atoms with Gasteiger partial charge in [0.2, 0.25) is 17.7 Å². The van der Waals surface area contributed by atoms with Gasteiger partial charge in [0.05, 0.1) is 61.1 Å². The molecule has 0 spiro atoms. The number of hydrogen-bond acceptors (Lipinski definition) is 15. The van der Waals surface area contributed by atoms with E-state index in [-0.39, 0.29) is 24.7 Å². The molecule has 3 aliphatic heterocycles. The van der Waals surface area contributed by atoms with E-state index in [4.69, 9.17) is 31.7 Å². The number of nitrogens with zero attached hydrogens (tertiary/aromatic N) is 9. The number of carbonyl (C=O) groups excluding carboxylic acids is 3. The number of aliphatic hydroxyl groups is 2. The number of aliphatic imine (C=N–C) groups is 3. The number of primary amides is 3. The Morgan fingerprint density at radius 2 is 0.821 bits per heavy atom. The number of nitrogens with two attached hydrogens (primary N) is 3. The van der Waals surface area contributed by atoms with E-state index >= 15 is 0 Å². The fourth-order valence-electron chi connectivity index (χ4n) is 10.2. The molecule has 0 unspecified atom stereocenters. The van der Waals surface area contributed by atoms with Crippen molar-refractivity contribution in [2.75, 3.05) is 13.7 Å². The number of hydrogen-bond donors (Lipinski definition) is 7. The predicted molar refractivity (Wildman–Crippen MR) is 318 cm³/mol. The normalized spacial score (nSPS) is 12.7. The van der Waals surface area contributed by atoms with Crippen molar-refractivity contribution in [3.05, 3.63) is 195 Å². The van der Waals surface area contributed by atoms with Gasteiger partial charge < -0.3 is 47.1 Å². The van der Waals surface area contributed by atoms with Gasteiger partial charge in [0.1, 0.15) is 34.2 Å². The van der Waals surface area contributed by atoms with Crippen LogP contribution in [0.3, 0.4) is 0 Å². The summed E-state index contributed by atoms with van der Waals surface area (Å²) in [5, 5.41) is 53.7. The van der Waals surface area contributed by atoms with Gasteiger partial charge >= 0.3 is 0 Å². The number of benzene rings is 6. The standard InChI is InChI=1S/C22H22N4O3.C21H20N4O3.C20H18N4O3/c1-3-29-12-13-4-6-14(7-5-13)19-21(27)20(26(2)25-19)18-10-15-8-9-16(22(23)28)11-17(15)24-18;1-25-19(17-9-14-7-8-15(21(22)27)10-16(14)23-17)20(28-2)18(24-25)13-5-3-12(11-26)4-6-13;1-24-18(16-8-13-6-7-14(20(21)27)9-15(13)22-16)19(26)17(23-24)12-4-2-11(10-25)3-5-12/h4-9,11,27H,3,10,12H2,1-2H3,(H2,23,28);3-8,10,26H,9,11H2,1-2H3,(H2,22,27);2-7,9,25-26H,8,10H2,1H3,(H2,21,27). The number of aliphatic hydroxyl groups excluding tert-OH is 2. The van der Waals surface area contributed by atoms with Crippen LogP contribution in [0.25, 0.3) is 33.8 Å². The van der Waals surface area contributed by atoms with E-state index in [1.807, 2.05) is 92.8 Å². The highest BCUT2D eigenvalue weighted by Gasteiger charge is 2.29.